The Bertz CT molecular complexity index is 830. The quantitative estimate of drug-likeness (QED) is 0.595. The first kappa shape index (κ1) is 23.1. The van der Waals surface area contributed by atoms with Crippen LogP contribution in [0.1, 0.15) is 26.7 Å². The molecule has 0 aliphatic carbocycles. The number of rotatable bonds is 9. The first-order chi connectivity index (χ1) is 13.7. The molecular weight excluding hydrogens is 398 g/mol. The predicted octanol–water partition coefficient (Wildman–Crippen LogP) is 1.44. The number of anilines is 2. The second-order valence-electron chi connectivity index (χ2n) is 6.82. The van der Waals surface area contributed by atoms with Gasteiger partial charge < -0.3 is 19.7 Å². The van der Waals surface area contributed by atoms with Crippen LogP contribution in [0.2, 0.25) is 0 Å². The third-order valence-electron chi connectivity index (χ3n) is 4.61. The van der Waals surface area contributed by atoms with Crippen molar-refractivity contribution >= 4 is 33.3 Å². The molecule has 1 saturated heterocycles. The molecule has 0 saturated carbocycles. The van der Waals surface area contributed by atoms with E-state index in [4.69, 9.17) is 9.47 Å². The lowest BCUT2D eigenvalue weighted by Crippen LogP contribution is -2.31. The Morgan fingerprint density at radius 2 is 1.93 bits per heavy atom. The van der Waals surface area contributed by atoms with Crippen LogP contribution in [0, 0.1) is 0 Å². The van der Waals surface area contributed by atoms with Crippen LogP contribution in [0.3, 0.4) is 0 Å². The summed E-state index contributed by atoms with van der Waals surface area (Å²) in [7, 11) is -0.120. The van der Waals surface area contributed by atoms with Gasteiger partial charge in [-0.05, 0) is 31.0 Å². The zero-order valence-electron chi connectivity index (χ0n) is 17.3. The fourth-order valence-electron chi connectivity index (χ4n) is 3.06. The summed E-state index contributed by atoms with van der Waals surface area (Å²) >= 11 is 0. The van der Waals surface area contributed by atoms with Crippen molar-refractivity contribution in [2.75, 3.05) is 50.6 Å². The minimum absolute atomic E-state index is 0.0819. The summed E-state index contributed by atoms with van der Waals surface area (Å²) in [5.74, 6) is -1.12. The molecule has 10 heteroatoms. The van der Waals surface area contributed by atoms with Crippen molar-refractivity contribution in [3.63, 3.8) is 0 Å². The maximum Gasteiger partial charge on any atom is 0.335 e. The molecule has 1 heterocycles. The SMILES string of the molecule is CCN(CC)S(=O)(=O)c1ccc(N(C)C)c(NC(=O)COC(=O)[C@@H]2CCCO2)c1. The molecule has 162 valence electrons. The van der Waals surface area contributed by atoms with Crippen LogP contribution in [0.15, 0.2) is 23.1 Å². The third kappa shape index (κ3) is 5.68. The largest absolute Gasteiger partial charge is 0.454 e. The molecule has 2 rings (SSSR count). The number of hydrogen-bond acceptors (Lipinski definition) is 7. The zero-order chi connectivity index (χ0) is 21.6. The maximum atomic E-state index is 12.8. The number of benzene rings is 1. The van der Waals surface area contributed by atoms with Crippen molar-refractivity contribution in [3.8, 4) is 0 Å². The van der Waals surface area contributed by atoms with E-state index in [-0.39, 0.29) is 4.90 Å². The van der Waals surface area contributed by atoms with Crippen LogP contribution < -0.4 is 10.2 Å². The number of amides is 1. The number of carbonyl (C=O) groups is 2. The Kier molecular flexibility index (Phi) is 8.00. The Labute approximate surface area is 172 Å². The van der Waals surface area contributed by atoms with Gasteiger partial charge in [0.1, 0.15) is 0 Å². The van der Waals surface area contributed by atoms with Crippen LogP contribution in [0.25, 0.3) is 0 Å². The van der Waals surface area contributed by atoms with Gasteiger partial charge in [0.05, 0.1) is 16.3 Å². The predicted molar refractivity (Wildman–Crippen MR) is 109 cm³/mol. The topological polar surface area (TPSA) is 105 Å². The Morgan fingerprint density at radius 3 is 2.48 bits per heavy atom. The number of esters is 1. The molecule has 9 nitrogen and oxygen atoms in total. The minimum Gasteiger partial charge on any atom is -0.454 e. The Morgan fingerprint density at radius 1 is 1.24 bits per heavy atom. The summed E-state index contributed by atoms with van der Waals surface area (Å²) in [5, 5.41) is 2.64. The van der Waals surface area contributed by atoms with Crippen LogP contribution in [-0.2, 0) is 29.1 Å². The molecule has 1 aliphatic heterocycles. The van der Waals surface area contributed by atoms with E-state index in [0.717, 1.165) is 6.42 Å². The van der Waals surface area contributed by atoms with Crippen molar-refractivity contribution in [3.05, 3.63) is 18.2 Å². The normalized spacial score (nSPS) is 16.7. The molecule has 1 amide bonds. The standard InChI is InChI=1S/C19H29N3O6S/c1-5-22(6-2)29(25,26)14-9-10-16(21(3)4)15(12-14)20-18(23)13-28-19(24)17-8-7-11-27-17/h9-10,12,17H,5-8,11,13H2,1-4H3,(H,20,23)/t17-/m0/s1. The summed E-state index contributed by atoms with van der Waals surface area (Å²) < 4.78 is 37.2. The smallest absolute Gasteiger partial charge is 0.335 e. The van der Waals surface area contributed by atoms with Crippen LogP contribution in [0.4, 0.5) is 11.4 Å². The van der Waals surface area contributed by atoms with Gasteiger partial charge in [0.2, 0.25) is 10.0 Å². The molecule has 0 unspecified atom stereocenters. The molecule has 0 radical (unpaired) electrons. The molecule has 0 spiro atoms. The van der Waals surface area contributed by atoms with Crippen LogP contribution >= 0.6 is 0 Å². The van der Waals surface area contributed by atoms with Gasteiger partial charge in [0.25, 0.3) is 5.91 Å². The lowest BCUT2D eigenvalue weighted by molar-refractivity contribution is -0.156. The number of nitrogens with one attached hydrogen (secondary N) is 1. The highest BCUT2D eigenvalue weighted by Crippen LogP contribution is 2.29. The van der Waals surface area contributed by atoms with Gasteiger partial charge in [0.15, 0.2) is 12.7 Å². The number of ether oxygens (including phenoxy) is 2. The fourth-order valence-corrected chi connectivity index (χ4v) is 4.54. The third-order valence-corrected chi connectivity index (χ3v) is 6.65. The van der Waals surface area contributed by atoms with E-state index in [1.54, 1.807) is 38.9 Å². The molecule has 1 aliphatic rings. The molecule has 1 aromatic rings. The van der Waals surface area contributed by atoms with Crippen molar-refractivity contribution in [1.29, 1.82) is 0 Å². The van der Waals surface area contributed by atoms with E-state index in [1.165, 1.54) is 16.4 Å². The van der Waals surface area contributed by atoms with E-state index >= 15 is 0 Å². The molecule has 1 N–H and O–H groups in total. The van der Waals surface area contributed by atoms with Crippen molar-refractivity contribution in [2.24, 2.45) is 0 Å². The number of sulfonamides is 1. The zero-order valence-corrected chi connectivity index (χ0v) is 18.1. The lowest BCUT2D eigenvalue weighted by Gasteiger charge is -2.22. The van der Waals surface area contributed by atoms with Crippen LogP contribution in [0.5, 0.6) is 0 Å². The van der Waals surface area contributed by atoms with Crippen LogP contribution in [-0.4, -0.2) is 71.1 Å². The average Bonchev–Trinajstić information content (AvgIpc) is 3.21. The average molecular weight is 428 g/mol. The van der Waals surface area contributed by atoms with Gasteiger partial charge in [-0.1, -0.05) is 13.8 Å². The first-order valence-electron chi connectivity index (χ1n) is 9.60. The van der Waals surface area contributed by atoms with E-state index < -0.39 is 34.6 Å². The van der Waals surface area contributed by atoms with E-state index in [9.17, 15) is 18.0 Å². The summed E-state index contributed by atoms with van der Waals surface area (Å²) in [6.07, 6.45) is 0.741. The van der Waals surface area contributed by atoms with E-state index in [0.29, 0.717) is 37.5 Å². The number of hydrogen-bond donors (Lipinski definition) is 1. The van der Waals surface area contributed by atoms with E-state index in [2.05, 4.69) is 5.32 Å². The molecule has 1 atom stereocenters. The summed E-state index contributed by atoms with van der Waals surface area (Å²) in [6, 6.07) is 4.56. The maximum absolute atomic E-state index is 12.8. The second kappa shape index (κ2) is 10.0. The van der Waals surface area contributed by atoms with Crippen molar-refractivity contribution < 1.29 is 27.5 Å². The lowest BCUT2D eigenvalue weighted by atomic mass is 10.2. The highest BCUT2D eigenvalue weighted by molar-refractivity contribution is 7.89. The minimum atomic E-state index is -3.68. The second-order valence-corrected chi connectivity index (χ2v) is 8.76. The summed E-state index contributed by atoms with van der Waals surface area (Å²) in [4.78, 5) is 26.0. The Hall–Kier alpha value is -2.17. The number of nitrogens with zero attached hydrogens (tertiary/aromatic N) is 2. The summed E-state index contributed by atoms with van der Waals surface area (Å²) in [5.41, 5.74) is 0.948. The van der Waals surface area contributed by atoms with Crippen molar-refractivity contribution in [1.82, 2.24) is 4.31 Å². The number of carbonyl (C=O) groups excluding carboxylic acids is 2. The highest BCUT2D eigenvalue weighted by atomic mass is 32.2. The molecule has 0 bridgehead atoms. The van der Waals surface area contributed by atoms with Gasteiger partial charge in [0, 0.05) is 33.8 Å². The van der Waals surface area contributed by atoms with Crippen molar-refractivity contribution in [2.45, 2.75) is 37.7 Å². The van der Waals surface area contributed by atoms with Gasteiger partial charge >= 0.3 is 5.97 Å². The molecular formula is C19H29N3O6S. The van der Waals surface area contributed by atoms with E-state index in [1.807, 2.05) is 0 Å². The highest BCUT2D eigenvalue weighted by Gasteiger charge is 2.26. The summed E-state index contributed by atoms with van der Waals surface area (Å²) in [6.45, 7) is 4.25. The Balaban J connectivity index is 2.16. The fraction of sp³-hybridized carbons (Fsp3) is 0.579. The molecule has 29 heavy (non-hydrogen) atoms. The molecule has 1 aromatic carbocycles. The van der Waals surface area contributed by atoms with Gasteiger partial charge in [-0.3, -0.25) is 4.79 Å². The molecule has 0 aromatic heterocycles. The van der Waals surface area contributed by atoms with Gasteiger partial charge in [-0.2, -0.15) is 4.31 Å². The van der Waals surface area contributed by atoms with Gasteiger partial charge in [-0.15, -0.1) is 0 Å². The monoisotopic (exact) mass is 427 g/mol. The first-order valence-corrected chi connectivity index (χ1v) is 11.0. The molecule has 1 fully saturated rings. The van der Waals surface area contributed by atoms with Gasteiger partial charge in [-0.25, -0.2) is 13.2 Å².